The molecule has 0 radical (unpaired) electrons. The molecule has 0 bridgehead atoms. The molecule has 27 heavy (non-hydrogen) atoms. The minimum Gasteiger partial charge on any atom is -0.480 e. The second kappa shape index (κ2) is 6.54. The van der Waals surface area contributed by atoms with E-state index in [1.807, 2.05) is 0 Å². The Morgan fingerprint density at radius 1 is 1.19 bits per heavy atom. The predicted molar refractivity (Wildman–Crippen MR) is 99.0 cm³/mol. The number of carboxylic acid groups (broad SMARTS) is 2. The molecule has 2 amide bonds. The predicted octanol–water partition coefficient (Wildman–Crippen LogP) is 0.727. The molecule has 4 rings (SSSR count). The molecule has 3 N–H and O–H groups in total. The first-order valence-electron chi connectivity index (χ1n) is 8.30. The number of amides is 2. The molecule has 3 heterocycles. The van der Waals surface area contributed by atoms with Crippen molar-refractivity contribution in [2.24, 2.45) is 0 Å². The van der Waals surface area contributed by atoms with E-state index in [2.05, 4.69) is 5.32 Å². The van der Waals surface area contributed by atoms with E-state index < -0.39 is 46.0 Å². The third-order valence-electron chi connectivity index (χ3n) is 5.13. The first-order chi connectivity index (χ1) is 12.9. The Morgan fingerprint density at radius 2 is 1.81 bits per heavy atom. The number of rotatable bonds is 4. The summed E-state index contributed by atoms with van der Waals surface area (Å²) in [5.74, 6) is -2.37. The fourth-order valence-electron chi connectivity index (χ4n) is 3.84. The molecule has 142 valence electrons. The van der Waals surface area contributed by atoms with Crippen LogP contribution in [0.5, 0.6) is 0 Å². The lowest BCUT2D eigenvalue weighted by atomic mass is 9.98. The topological polar surface area (TPSA) is 124 Å². The molecule has 4 unspecified atom stereocenters. The summed E-state index contributed by atoms with van der Waals surface area (Å²) in [6, 6.07) is 3.76. The van der Waals surface area contributed by atoms with Gasteiger partial charge in [0.05, 0.1) is 21.2 Å². The molecule has 1 aromatic rings. The monoisotopic (exact) mass is 408 g/mol. The Morgan fingerprint density at radius 3 is 2.30 bits per heavy atom. The quantitative estimate of drug-likeness (QED) is 0.618. The van der Waals surface area contributed by atoms with Crippen molar-refractivity contribution in [3.63, 3.8) is 0 Å². The van der Waals surface area contributed by atoms with Crippen LogP contribution in [0, 0.1) is 0 Å². The summed E-state index contributed by atoms with van der Waals surface area (Å²) in [5.41, 5.74) is 0.329. The van der Waals surface area contributed by atoms with Gasteiger partial charge in [0, 0.05) is 5.75 Å². The van der Waals surface area contributed by atoms with E-state index in [0.29, 0.717) is 12.2 Å². The Balaban J connectivity index is 1.69. The zero-order valence-electron chi connectivity index (χ0n) is 14.0. The van der Waals surface area contributed by atoms with Crippen molar-refractivity contribution in [3.8, 4) is 0 Å². The molecule has 3 aliphatic rings. The second-order valence-corrected chi connectivity index (χ2v) is 9.31. The van der Waals surface area contributed by atoms with Gasteiger partial charge in [-0.3, -0.25) is 24.6 Å². The van der Waals surface area contributed by atoms with Crippen LogP contribution < -0.4 is 5.32 Å². The van der Waals surface area contributed by atoms with Gasteiger partial charge in [0.2, 0.25) is 0 Å². The van der Waals surface area contributed by atoms with E-state index in [1.165, 1.54) is 23.9 Å². The standard InChI is InChI=1S/C17H16N2O6S2/c20-13-8-3-1-2-4-9(8)14(21)19(13)10(15(22)23)12-18-11(16(24)25)17(27-12)5-6-26-7-17/h1-4,10-12,18H,5-7H2,(H,22,23)(H,24,25). The van der Waals surface area contributed by atoms with Gasteiger partial charge in [0.25, 0.3) is 11.8 Å². The van der Waals surface area contributed by atoms with Crippen molar-refractivity contribution in [1.29, 1.82) is 0 Å². The van der Waals surface area contributed by atoms with Crippen LogP contribution in [0.25, 0.3) is 0 Å². The highest BCUT2D eigenvalue weighted by molar-refractivity contribution is 8.05. The number of hydrogen-bond acceptors (Lipinski definition) is 7. The van der Waals surface area contributed by atoms with Gasteiger partial charge in [-0.2, -0.15) is 11.8 Å². The molecule has 8 nitrogen and oxygen atoms in total. The Bertz CT molecular complexity index is 819. The number of carbonyl (C=O) groups is 4. The third kappa shape index (κ3) is 2.74. The van der Waals surface area contributed by atoms with E-state index in [0.717, 1.165) is 10.7 Å². The van der Waals surface area contributed by atoms with Crippen molar-refractivity contribution in [3.05, 3.63) is 35.4 Å². The summed E-state index contributed by atoms with van der Waals surface area (Å²) >= 11 is 2.84. The lowest BCUT2D eigenvalue weighted by Crippen LogP contribution is -2.56. The number of hydrogen-bond donors (Lipinski definition) is 3. The van der Waals surface area contributed by atoms with Gasteiger partial charge in [0.1, 0.15) is 6.04 Å². The number of nitrogens with one attached hydrogen (secondary N) is 1. The highest BCUT2D eigenvalue weighted by Gasteiger charge is 2.58. The largest absolute Gasteiger partial charge is 0.480 e. The molecule has 0 saturated carbocycles. The van der Waals surface area contributed by atoms with E-state index >= 15 is 0 Å². The molecule has 2 fully saturated rings. The van der Waals surface area contributed by atoms with Gasteiger partial charge in [-0.1, -0.05) is 12.1 Å². The van der Waals surface area contributed by atoms with Gasteiger partial charge in [0.15, 0.2) is 6.04 Å². The summed E-state index contributed by atoms with van der Waals surface area (Å²) in [6.07, 6.45) is 0.622. The summed E-state index contributed by atoms with van der Waals surface area (Å²) < 4.78 is -0.645. The van der Waals surface area contributed by atoms with Gasteiger partial charge in [-0.05, 0) is 24.3 Å². The smallest absolute Gasteiger partial charge is 0.329 e. The van der Waals surface area contributed by atoms with Crippen molar-refractivity contribution in [2.45, 2.75) is 28.6 Å². The third-order valence-corrected chi connectivity index (χ3v) is 8.22. The van der Waals surface area contributed by atoms with Gasteiger partial charge in [-0.15, -0.1) is 11.8 Å². The number of nitrogens with zero attached hydrogens (tertiary/aromatic N) is 1. The number of fused-ring (bicyclic) bond motifs is 1. The SMILES string of the molecule is O=C(O)C(C1NC(C(=O)O)C2(CCSC2)S1)N1C(=O)c2ccccc2C1=O. The number of carboxylic acids is 2. The molecule has 0 aliphatic carbocycles. The maximum Gasteiger partial charge on any atom is 0.329 e. The molecular formula is C17H16N2O6S2. The van der Waals surface area contributed by atoms with Gasteiger partial charge >= 0.3 is 11.9 Å². The highest BCUT2D eigenvalue weighted by atomic mass is 32.2. The van der Waals surface area contributed by atoms with E-state index in [1.54, 1.807) is 23.9 Å². The van der Waals surface area contributed by atoms with Crippen LogP contribution in [-0.4, -0.2) is 72.6 Å². The van der Waals surface area contributed by atoms with Gasteiger partial charge < -0.3 is 10.2 Å². The van der Waals surface area contributed by atoms with Gasteiger partial charge in [-0.25, -0.2) is 4.79 Å². The summed E-state index contributed by atoms with van der Waals surface area (Å²) in [5, 5.41) is 21.4. The van der Waals surface area contributed by atoms with E-state index in [4.69, 9.17) is 0 Å². The van der Waals surface area contributed by atoms with Crippen LogP contribution in [0.1, 0.15) is 27.1 Å². The van der Waals surface area contributed by atoms with Crippen LogP contribution in [0.4, 0.5) is 0 Å². The molecule has 1 spiro atoms. The zero-order chi connectivity index (χ0) is 19.3. The minimum atomic E-state index is -1.49. The first kappa shape index (κ1) is 18.3. The Hall–Kier alpha value is -2.04. The zero-order valence-corrected chi connectivity index (χ0v) is 15.6. The van der Waals surface area contributed by atoms with Crippen molar-refractivity contribution in [2.75, 3.05) is 11.5 Å². The number of benzene rings is 1. The Labute approximate surface area is 162 Å². The Kier molecular flexibility index (Phi) is 4.44. The number of thioether (sulfide) groups is 2. The molecular weight excluding hydrogens is 392 g/mol. The molecule has 10 heteroatoms. The molecule has 1 aromatic carbocycles. The summed E-state index contributed by atoms with van der Waals surface area (Å²) in [6.45, 7) is 0. The maximum atomic E-state index is 12.7. The fraction of sp³-hybridized carbons (Fsp3) is 0.412. The van der Waals surface area contributed by atoms with E-state index in [-0.39, 0.29) is 11.1 Å². The number of carbonyl (C=O) groups excluding carboxylic acids is 2. The minimum absolute atomic E-state index is 0.165. The normalized spacial score (nSPS) is 30.7. The first-order valence-corrected chi connectivity index (χ1v) is 10.3. The van der Waals surface area contributed by atoms with Crippen molar-refractivity contribution >= 4 is 47.3 Å². The van der Waals surface area contributed by atoms with Crippen molar-refractivity contribution in [1.82, 2.24) is 10.2 Å². The lowest BCUT2D eigenvalue weighted by molar-refractivity contribution is -0.143. The van der Waals surface area contributed by atoms with E-state index in [9.17, 15) is 29.4 Å². The second-order valence-electron chi connectivity index (χ2n) is 6.65. The van der Waals surface area contributed by atoms with Crippen LogP contribution in [0.15, 0.2) is 24.3 Å². The number of imide groups is 1. The molecule has 0 aromatic heterocycles. The van der Waals surface area contributed by atoms with Crippen LogP contribution in [-0.2, 0) is 9.59 Å². The molecule has 4 atom stereocenters. The van der Waals surface area contributed by atoms with Crippen LogP contribution >= 0.6 is 23.5 Å². The van der Waals surface area contributed by atoms with Crippen molar-refractivity contribution < 1.29 is 29.4 Å². The fourth-order valence-corrected chi connectivity index (χ4v) is 7.40. The number of aliphatic carboxylic acids is 2. The summed E-state index contributed by atoms with van der Waals surface area (Å²) in [7, 11) is 0. The molecule has 3 aliphatic heterocycles. The highest BCUT2D eigenvalue weighted by Crippen LogP contribution is 2.49. The average molecular weight is 408 g/mol. The van der Waals surface area contributed by atoms with Crippen LogP contribution in [0.3, 0.4) is 0 Å². The summed E-state index contributed by atoms with van der Waals surface area (Å²) in [4.78, 5) is 50.0. The maximum absolute atomic E-state index is 12.7. The average Bonchev–Trinajstić information content (AvgIpc) is 3.31. The lowest BCUT2D eigenvalue weighted by Gasteiger charge is -2.28. The van der Waals surface area contributed by atoms with Crippen LogP contribution in [0.2, 0.25) is 0 Å². The molecule has 2 saturated heterocycles.